The van der Waals surface area contributed by atoms with Crippen molar-refractivity contribution in [2.45, 2.75) is 19.9 Å². The highest BCUT2D eigenvalue weighted by Gasteiger charge is 2.19. The van der Waals surface area contributed by atoms with Crippen molar-refractivity contribution >= 4 is 29.0 Å². The highest BCUT2D eigenvalue weighted by atomic mass is 32.1. The van der Waals surface area contributed by atoms with E-state index in [-0.39, 0.29) is 17.8 Å². The Morgan fingerprint density at radius 1 is 1.41 bits per heavy atom. The molecule has 7 nitrogen and oxygen atoms in total. The Hall–Kier alpha value is -2.32. The fourth-order valence-electron chi connectivity index (χ4n) is 1.95. The van der Waals surface area contributed by atoms with Crippen molar-refractivity contribution < 1.29 is 4.79 Å². The lowest BCUT2D eigenvalue weighted by molar-refractivity contribution is -0.118. The molecule has 3 aromatic heterocycles. The third-order valence-electron chi connectivity index (χ3n) is 3.27. The van der Waals surface area contributed by atoms with Crippen LogP contribution < -0.4 is 11.1 Å². The summed E-state index contributed by atoms with van der Waals surface area (Å²) in [5.74, 6) is 0.373. The molecule has 114 valence electrons. The van der Waals surface area contributed by atoms with Crippen molar-refractivity contribution in [3.05, 3.63) is 29.8 Å². The molecule has 3 heterocycles. The monoisotopic (exact) mass is 316 g/mol. The van der Waals surface area contributed by atoms with Crippen LogP contribution in [-0.4, -0.2) is 31.5 Å². The number of rotatable bonds is 4. The predicted octanol–water partition coefficient (Wildman–Crippen LogP) is 1.77. The lowest BCUT2D eigenvalue weighted by Gasteiger charge is -2.13. The number of hydrogen-bond donors (Lipinski definition) is 2. The third kappa shape index (κ3) is 2.70. The number of carbonyl (C=O) groups excluding carboxylic acids is 1. The Morgan fingerprint density at radius 2 is 2.23 bits per heavy atom. The molecule has 0 aliphatic carbocycles. The van der Waals surface area contributed by atoms with Gasteiger partial charge in [-0.15, -0.1) is 16.4 Å². The number of aromatic nitrogens is 4. The average molecular weight is 316 g/mol. The van der Waals surface area contributed by atoms with Crippen LogP contribution in [0.3, 0.4) is 0 Å². The van der Waals surface area contributed by atoms with Crippen molar-refractivity contribution in [2.24, 2.45) is 11.7 Å². The van der Waals surface area contributed by atoms with Crippen LogP contribution in [0.1, 0.15) is 13.8 Å². The van der Waals surface area contributed by atoms with Crippen LogP contribution in [0.5, 0.6) is 0 Å². The van der Waals surface area contributed by atoms with Gasteiger partial charge in [0.1, 0.15) is 0 Å². The van der Waals surface area contributed by atoms with Gasteiger partial charge in [0.05, 0.1) is 16.6 Å². The minimum absolute atomic E-state index is 0.0387. The van der Waals surface area contributed by atoms with E-state index in [1.807, 2.05) is 37.4 Å². The number of nitrogens with zero attached hydrogens (tertiary/aromatic N) is 4. The maximum absolute atomic E-state index is 12.0. The Morgan fingerprint density at radius 3 is 2.91 bits per heavy atom. The fraction of sp³-hybridized carbons (Fsp3) is 0.286. The van der Waals surface area contributed by atoms with E-state index in [2.05, 4.69) is 20.4 Å². The van der Waals surface area contributed by atoms with E-state index >= 15 is 0 Å². The Kier molecular flexibility index (Phi) is 3.86. The molecule has 0 aromatic carbocycles. The van der Waals surface area contributed by atoms with Gasteiger partial charge in [-0.05, 0) is 23.4 Å². The summed E-state index contributed by atoms with van der Waals surface area (Å²) in [7, 11) is 0. The van der Waals surface area contributed by atoms with E-state index < -0.39 is 6.04 Å². The van der Waals surface area contributed by atoms with E-state index in [0.717, 1.165) is 10.6 Å². The summed E-state index contributed by atoms with van der Waals surface area (Å²) in [4.78, 5) is 21.4. The number of amides is 1. The summed E-state index contributed by atoms with van der Waals surface area (Å²) < 4.78 is 1.61. The van der Waals surface area contributed by atoms with Crippen LogP contribution in [0, 0.1) is 5.92 Å². The molecular formula is C14H16N6OS. The molecule has 3 aromatic rings. The molecule has 0 spiro atoms. The molecular weight excluding hydrogens is 300 g/mol. The smallest absolute Gasteiger partial charge is 0.254 e. The fourth-order valence-corrected chi connectivity index (χ4v) is 2.69. The molecule has 1 amide bonds. The van der Waals surface area contributed by atoms with Crippen LogP contribution in [-0.2, 0) is 4.79 Å². The maximum Gasteiger partial charge on any atom is 0.254 e. The Bertz CT molecular complexity index is 795. The molecule has 0 aliphatic heterocycles. The van der Waals surface area contributed by atoms with Crippen molar-refractivity contribution in [1.29, 1.82) is 0 Å². The lowest BCUT2D eigenvalue weighted by atomic mass is 10.1. The lowest BCUT2D eigenvalue weighted by Crippen LogP contribution is -2.40. The SMILES string of the molecule is CC(C)[C@H](N)C(=O)Nc1nc2nccc(-c3cccs3)n2n1. The van der Waals surface area contributed by atoms with Crippen LogP contribution in [0.25, 0.3) is 16.3 Å². The highest BCUT2D eigenvalue weighted by molar-refractivity contribution is 7.13. The standard InChI is InChI=1S/C14H16N6OS/c1-8(2)11(15)12(21)17-13-18-14-16-6-5-9(20(14)19-13)10-4-3-7-22-10/h3-8,11H,15H2,1-2H3,(H,17,19,21)/t11-/m0/s1. The van der Waals surface area contributed by atoms with Gasteiger partial charge in [-0.25, -0.2) is 4.98 Å². The van der Waals surface area contributed by atoms with Crippen LogP contribution >= 0.6 is 11.3 Å². The van der Waals surface area contributed by atoms with Gasteiger partial charge < -0.3 is 5.73 Å². The number of fused-ring (bicyclic) bond motifs is 1. The van der Waals surface area contributed by atoms with E-state index in [1.165, 1.54) is 0 Å². The van der Waals surface area contributed by atoms with Crippen molar-refractivity contribution in [1.82, 2.24) is 19.6 Å². The molecule has 0 unspecified atom stereocenters. The third-order valence-corrected chi connectivity index (χ3v) is 4.16. The Labute approximate surface area is 131 Å². The summed E-state index contributed by atoms with van der Waals surface area (Å²) in [6.07, 6.45) is 1.67. The molecule has 22 heavy (non-hydrogen) atoms. The van der Waals surface area contributed by atoms with E-state index in [4.69, 9.17) is 5.73 Å². The number of thiophene rings is 1. The minimum atomic E-state index is -0.601. The first-order valence-corrected chi connectivity index (χ1v) is 7.76. The predicted molar refractivity (Wildman–Crippen MR) is 85.5 cm³/mol. The van der Waals surface area contributed by atoms with Crippen LogP contribution in [0.2, 0.25) is 0 Å². The molecule has 0 saturated heterocycles. The first kappa shape index (κ1) is 14.6. The second-order valence-corrected chi connectivity index (χ2v) is 6.16. The topological polar surface area (TPSA) is 98.2 Å². The van der Waals surface area contributed by atoms with Gasteiger partial charge in [0.25, 0.3) is 11.7 Å². The first-order chi connectivity index (χ1) is 10.6. The number of carbonyl (C=O) groups is 1. The minimum Gasteiger partial charge on any atom is -0.320 e. The second kappa shape index (κ2) is 5.82. The Balaban J connectivity index is 1.94. The summed E-state index contributed by atoms with van der Waals surface area (Å²) in [5, 5.41) is 8.94. The molecule has 0 aliphatic rings. The van der Waals surface area contributed by atoms with Crippen LogP contribution in [0.15, 0.2) is 29.8 Å². The summed E-state index contributed by atoms with van der Waals surface area (Å²) in [6, 6.07) is 5.22. The summed E-state index contributed by atoms with van der Waals surface area (Å²) in [5.41, 5.74) is 6.70. The molecule has 0 saturated carbocycles. The first-order valence-electron chi connectivity index (χ1n) is 6.88. The van der Waals surface area contributed by atoms with Crippen molar-refractivity contribution in [3.63, 3.8) is 0 Å². The molecule has 3 rings (SSSR count). The van der Waals surface area contributed by atoms with Crippen LogP contribution in [0.4, 0.5) is 5.95 Å². The zero-order chi connectivity index (χ0) is 15.7. The van der Waals surface area contributed by atoms with Crippen molar-refractivity contribution in [2.75, 3.05) is 5.32 Å². The molecule has 0 radical (unpaired) electrons. The van der Waals surface area contributed by atoms with Gasteiger partial charge in [-0.1, -0.05) is 19.9 Å². The summed E-state index contributed by atoms with van der Waals surface area (Å²) in [6.45, 7) is 3.77. The van der Waals surface area contributed by atoms with Gasteiger partial charge in [0, 0.05) is 6.20 Å². The number of nitrogens with two attached hydrogens (primary N) is 1. The largest absolute Gasteiger partial charge is 0.320 e. The quantitative estimate of drug-likeness (QED) is 0.764. The van der Waals surface area contributed by atoms with E-state index in [1.54, 1.807) is 22.0 Å². The number of nitrogens with one attached hydrogen (secondary N) is 1. The number of anilines is 1. The van der Waals surface area contributed by atoms with E-state index in [9.17, 15) is 4.79 Å². The van der Waals surface area contributed by atoms with Gasteiger partial charge in [0.15, 0.2) is 0 Å². The van der Waals surface area contributed by atoms with Crippen molar-refractivity contribution in [3.8, 4) is 10.6 Å². The molecule has 3 N–H and O–H groups in total. The molecule has 1 atom stereocenters. The van der Waals surface area contributed by atoms with E-state index in [0.29, 0.717) is 5.78 Å². The number of hydrogen-bond acceptors (Lipinski definition) is 6. The van der Waals surface area contributed by atoms with Gasteiger partial charge in [-0.2, -0.15) is 9.50 Å². The van der Waals surface area contributed by atoms with Gasteiger partial charge in [0.2, 0.25) is 5.91 Å². The average Bonchev–Trinajstić information content (AvgIpc) is 3.14. The normalized spacial score (nSPS) is 12.7. The van der Waals surface area contributed by atoms with Gasteiger partial charge >= 0.3 is 0 Å². The zero-order valence-electron chi connectivity index (χ0n) is 12.2. The maximum atomic E-state index is 12.0. The highest BCUT2D eigenvalue weighted by Crippen LogP contribution is 2.24. The molecule has 0 fully saturated rings. The summed E-state index contributed by atoms with van der Waals surface area (Å²) >= 11 is 1.60. The zero-order valence-corrected chi connectivity index (χ0v) is 13.0. The molecule has 8 heteroatoms. The van der Waals surface area contributed by atoms with Gasteiger partial charge in [-0.3, -0.25) is 10.1 Å². The molecule has 0 bridgehead atoms. The second-order valence-electron chi connectivity index (χ2n) is 5.21.